The molecule has 1 aromatic heterocycles. The Morgan fingerprint density at radius 3 is 2.83 bits per heavy atom. The van der Waals surface area contributed by atoms with E-state index in [-0.39, 0.29) is 24.8 Å². The summed E-state index contributed by atoms with van der Waals surface area (Å²) >= 11 is 0. The van der Waals surface area contributed by atoms with Crippen molar-refractivity contribution in [1.29, 1.82) is 0 Å². The molecule has 0 aliphatic heterocycles. The molecule has 6 heteroatoms. The molecule has 0 fully saturated rings. The van der Waals surface area contributed by atoms with Crippen molar-refractivity contribution in [2.24, 2.45) is 0 Å². The smallest absolute Gasteiger partial charge is 0.305 e. The third-order valence-corrected chi connectivity index (χ3v) is 2.29. The van der Waals surface area contributed by atoms with Crippen LogP contribution < -0.4 is 4.74 Å². The number of ether oxygens (including phenoxy) is 1. The van der Waals surface area contributed by atoms with Crippen LogP contribution in [-0.2, 0) is 4.79 Å². The third-order valence-electron chi connectivity index (χ3n) is 2.29. The van der Waals surface area contributed by atoms with Crippen molar-refractivity contribution in [1.82, 2.24) is 9.88 Å². The first-order valence-electron chi connectivity index (χ1n) is 5.61. The minimum Gasteiger partial charge on any atom is -0.481 e. The summed E-state index contributed by atoms with van der Waals surface area (Å²) in [6, 6.07) is 3.25. The molecule has 0 spiro atoms. The zero-order valence-corrected chi connectivity index (χ0v) is 10.4. The fourth-order valence-electron chi connectivity index (χ4n) is 1.38. The summed E-state index contributed by atoms with van der Waals surface area (Å²) < 4.78 is 5.26. The minimum absolute atomic E-state index is 0.0908. The summed E-state index contributed by atoms with van der Waals surface area (Å²) in [5, 5.41) is 8.58. The maximum atomic E-state index is 12.1. The zero-order chi connectivity index (χ0) is 13.5. The molecule has 0 atom stereocenters. The molecule has 0 aromatic carbocycles. The zero-order valence-electron chi connectivity index (χ0n) is 10.4. The van der Waals surface area contributed by atoms with Gasteiger partial charge in [-0.15, -0.1) is 0 Å². The van der Waals surface area contributed by atoms with E-state index in [1.54, 1.807) is 32.3 Å². The van der Waals surface area contributed by atoms with Gasteiger partial charge in [-0.2, -0.15) is 0 Å². The van der Waals surface area contributed by atoms with E-state index in [2.05, 4.69) is 4.98 Å². The summed E-state index contributed by atoms with van der Waals surface area (Å²) in [6.07, 6.45) is 1.45. The number of hydrogen-bond acceptors (Lipinski definition) is 4. The van der Waals surface area contributed by atoms with Gasteiger partial charge in [-0.05, 0) is 19.1 Å². The number of carbonyl (C=O) groups excluding carboxylic acids is 1. The van der Waals surface area contributed by atoms with Gasteiger partial charge in [-0.3, -0.25) is 9.59 Å². The quantitative estimate of drug-likeness (QED) is 0.817. The Bertz CT molecular complexity index is 434. The third kappa shape index (κ3) is 3.73. The number of aliphatic carboxylic acids is 1. The lowest BCUT2D eigenvalue weighted by molar-refractivity contribution is -0.137. The Balaban J connectivity index is 2.79. The molecule has 0 unspecified atom stereocenters. The van der Waals surface area contributed by atoms with Gasteiger partial charge < -0.3 is 14.7 Å². The van der Waals surface area contributed by atoms with Crippen LogP contribution in [0, 0.1) is 0 Å². The van der Waals surface area contributed by atoms with Crippen LogP contribution in [0.3, 0.4) is 0 Å². The Kier molecular flexibility index (Phi) is 5.10. The number of aromatic nitrogens is 1. The second-order valence-electron chi connectivity index (χ2n) is 3.66. The number of carboxylic acids is 1. The summed E-state index contributed by atoms with van der Waals surface area (Å²) in [6.45, 7) is 2.36. The van der Waals surface area contributed by atoms with Gasteiger partial charge in [0, 0.05) is 19.8 Å². The molecule has 18 heavy (non-hydrogen) atoms. The summed E-state index contributed by atoms with van der Waals surface area (Å²) in [5.41, 5.74) is 0.340. The molecule has 1 amide bonds. The summed E-state index contributed by atoms with van der Waals surface area (Å²) in [7, 11) is 1.55. The Morgan fingerprint density at radius 2 is 2.22 bits per heavy atom. The maximum absolute atomic E-state index is 12.1. The summed E-state index contributed by atoms with van der Waals surface area (Å²) in [4.78, 5) is 27.8. The Hall–Kier alpha value is -2.11. The highest BCUT2D eigenvalue weighted by atomic mass is 16.5. The van der Waals surface area contributed by atoms with Crippen molar-refractivity contribution in [3.8, 4) is 5.88 Å². The molecule has 6 nitrogen and oxygen atoms in total. The number of pyridine rings is 1. The van der Waals surface area contributed by atoms with Crippen LogP contribution in [0.5, 0.6) is 5.88 Å². The maximum Gasteiger partial charge on any atom is 0.305 e. The summed E-state index contributed by atoms with van der Waals surface area (Å²) in [5.74, 6) is -0.967. The molecule has 0 radical (unpaired) electrons. The fourth-order valence-corrected chi connectivity index (χ4v) is 1.38. The second kappa shape index (κ2) is 6.58. The molecule has 0 aliphatic carbocycles. The molecule has 0 aliphatic rings. The molecule has 98 valence electrons. The number of nitrogens with zero attached hydrogens (tertiary/aromatic N) is 2. The van der Waals surface area contributed by atoms with Gasteiger partial charge in [0.15, 0.2) is 0 Å². The van der Waals surface area contributed by atoms with E-state index >= 15 is 0 Å². The molecule has 0 bridgehead atoms. The Morgan fingerprint density at radius 1 is 1.50 bits per heavy atom. The van der Waals surface area contributed by atoms with Crippen LogP contribution in [0.4, 0.5) is 0 Å². The molecule has 1 N–H and O–H groups in total. The van der Waals surface area contributed by atoms with Gasteiger partial charge in [0.25, 0.3) is 5.91 Å². The lowest BCUT2D eigenvalue weighted by Gasteiger charge is -2.17. The van der Waals surface area contributed by atoms with Gasteiger partial charge in [-0.1, -0.05) is 0 Å². The van der Waals surface area contributed by atoms with E-state index in [9.17, 15) is 9.59 Å². The van der Waals surface area contributed by atoms with Crippen LogP contribution in [-0.4, -0.2) is 47.1 Å². The standard InChI is InChI=1S/C12H16N2O4/c1-3-18-11-9(5-4-7-13-11)12(17)14(2)8-6-10(15)16/h4-5,7H,3,6,8H2,1-2H3,(H,15,16). The van der Waals surface area contributed by atoms with E-state index in [1.807, 2.05) is 0 Å². The van der Waals surface area contributed by atoms with Crippen molar-refractivity contribution in [3.05, 3.63) is 23.9 Å². The number of amides is 1. The van der Waals surface area contributed by atoms with Crippen molar-refractivity contribution >= 4 is 11.9 Å². The van der Waals surface area contributed by atoms with Crippen LogP contribution in [0.2, 0.25) is 0 Å². The lowest BCUT2D eigenvalue weighted by atomic mass is 10.2. The predicted octanol–water partition coefficient (Wildman–Crippen LogP) is 1.03. The highest BCUT2D eigenvalue weighted by Gasteiger charge is 2.17. The molecular formula is C12H16N2O4. The SMILES string of the molecule is CCOc1ncccc1C(=O)N(C)CCC(=O)O. The van der Waals surface area contributed by atoms with E-state index in [1.165, 1.54) is 4.90 Å². The Labute approximate surface area is 105 Å². The highest BCUT2D eigenvalue weighted by Crippen LogP contribution is 2.16. The monoisotopic (exact) mass is 252 g/mol. The first-order chi connectivity index (χ1) is 8.56. The number of carboxylic acid groups (broad SMARTS) is 1. The lowest BCUT2D eigenvalue weighted by Crippen LogP contribution is -2.29. The average Bonchev–Trinajstić information content (AvgIpc) is 2.36. The van der Waals surface area contributed by atoms with Crippen molar-refractivity contribution in [2.45, 2.75) is 13.3 Å². The first kappa shape index (κ1) is 14.0. The first-order valence-corrected chi connectivity index (χ1v) is 5.61. The molecule has 1 heterocycles. The molecule has 0 saturated heterocycles. The van der Waals surface area contributed by atoms with E-state index in [0.717, 1.165) is 0 Å². The number of rotatable bonds is 6. The van der Waals surface area contributed by atoms with E-state index in [4.69, 9.17) is 9.84 Å². The van der Waals surface area contributed by atoms with Crippen molar-refractivity contribution in [2.75, 3.05) is 20.2 Å². The normalized spacial score (nSPS) is 9.89. The molecule has 1 rings (SSSR count). The van der Waals surface area contributed by atoms with Gasteiger partial charge in [0.1, 0.15) is 5.56 Å². The van der Waals surface area contributed by atoms with Crippen LogP contribution in [0.15, 0.2) is 18.3 Å². The largest absolute Gasteiger partial charge is 0.481 e. The van der Waals surface area contributed by atoms with Gasteiger partial charge >= 0.3 is 5.97 Å². The van der Waals surface area contributed by atoms with E-state index in [0.29, 0.717) is 12.2 Å². The average molecular weight is 252 g/mol. The molecule has 0 saturated carbocycles. The molecular weight excluding hydrogens is 236 g/mol. The molecule has 1 aromatic rings. The number of hydrogen-bond donors (Lipinski definition) is 1. The van der Waals surface area contributed by atoms with Crippen LogP contribution >= 0.6 is 0 Å². The van der Waals surface area contributed by atoms with Crippen molar-refractivity contribution in [3.63, 3.8) is 0 Å². The van der Waals surface area contributed by atoms with Gasteiger partial charge in [-0.25, -0.2) is 4.98 Å². The number of carbonyl (C=O) groups is 2. The van der Waals surface area contributed by atoms with Crippen LogP contribution in [0.25, 0.3) is 0 Å². The second-order valence-corrected chi connectivity index (χ2v) is 3.66. The van der Waals surface area contributed by atoms with E-state index < -0.39 is 5.97 Å². The minimum atomic E-state index is -0.939. The van der Waals surface area contributed by atoms with Crippen LogP contribution in [0.1, 0.15) is 23.7 Å². The topological polar surface area (TPSA) is 79.7 Å². The van der Waals surface area contributed by atoms with Crippen molar-refractivity contribution < 1.29 is 19.4 Å². The van der Waals surface area contributed by atoms with Gasteiger partial charge in [0.05, 0.1) is 13.0 Å². The van der Waals surface area contributed by atoms with Gasteiger partial charge in [0.2, 0.25) is 5.88 Å². The highest BCUT2D eigenvalue weighted by molar-refractivity contribution is 5.96. The fraction of sp³-hybridized carbons (Fsp3) is 0.417. The predicted molar refractivity (Wildman–Crippen MR) is 64.6 cm³/mol.